The molecule has 0 amide bonds. The minimum Gasteiger partial charge on any atom is -0.329 e. The summed E-state index contributed by atoms with van der Waals surface area (Å²) in [6.45, 7) is 5.47. The van der Waals surface area contributed by atoms with Crippen LogP contribution in [0, 0.1) is 5.82 Å². The van der Waals surface area contributed by atoms with Crippen LogP contribution in [-0.2, 0) is 6.54 Å². The molecular formula is C14H23FN2. The number of nitrogens with zero attached hydrogens (tertiary/aromatic N) is 1. The highest BCUT2D eigenvalue weighted by molar-refractivity contribution is 5.17. The SMILES string of the molecule is CCC(CC)(CN)N(C)Cc1ccccc1F. The van der Waals surface area contributed by atoms with Crippen LogP contribution in [0.1, 0.15) is 32.3 Å². The van der Waals surface area contributed by atoms with E-state index in [1.807, 2.05) is 19.2 Å². The van der Waals surface area contributed by atoms with Crippen LogP contribution in [0.25, 0.3) is 0 Å². The summed E-state index contributed by atoms with van der Waals surface area (Å²) < 4.78 is 13.6. The molecule has 0 spiro atoms. The van der Waals surface area contributed by atoms with Crippen LogP contribution in [0.15, 0.2) is 24.3 Å². The van der Waals surface area contributed by atoms with Crippen molar-refractivity contribution < 1.29 is 4.39 Å². The fourth-order valence-electron chi connectivity index (χ4n) is 2.28. The molecule has 0 saturated carbocycles. The van der Waals surface area contributed by atoms with Crippen LogP contribution in [-0.4, -0.2) is 24.0 Å². The van der Waals surface area contributed by atoms with Gasteiger partial charge in [-0.3, -0.25) is 4.90 Å². The molecule has 0 aliphatic rings. The monoisotopic (exact) mass is 238 g/mol. The van der Waals surface area contributed by atoms with Crippen molar-refractivity contribution in [1.82, 2.24) is 4.90 Å². The van der Waals surface area contributed by atoms with Gasteiger partial charge in [-0.1, -0.05) is 32.0 Å². The largest absolute Gasteiger partial charge is 0.329 e. The highest BCUT2D eigenvalue weighted by Gasteiger charge is 2.29. The number of halogens is 1. The Morgan fingerprint density at radius 1 is 1.24 bits per heavy atom. The lowest BCUT2D eigenvalue weighted by atomic mass is 9.90. The molecule has 0 atom stereocenters. The first-order chi connectivity index (χ1) is 8.09. The normalized spacial score (nSPS) is 12.1. The second-order valence-corrected chi connectivity index (χ2v) is 4.58. The number of hydrogen-bond donors (Lipinski definition) is 1. The molecule has 0 saturated heterocycles. The van der Waals surface area contributed by atoms with E-state index in [1.54, 1.807) is 6.07 Å². The van der Waals surface area contributed by atoms with Gasteiger partial charge in [0.05, 0.1) is 0 Å². The van der Waals surface area contributed by atoms with E-state index in [0.29, 0.717) is 13.1 Å². The number of likely N-dealkylation sites (N-methyl/N-ethyl adjacent to an activating group) is 1. The van der Waals surface area contributed by atoms with E-state index in [1.165, 1.54) is 6.07 Å². The van der Waals surface area contributed by atoms with Crippen molar-refractivity contribution in [3.8, 4) is 0 Å². The van der Waals surface area contributed by atoms with E-state index in [-0.39, 0.29) is 11.4 Å². The first-order valence-corrected chi connectivity index (χ1v) is 6.24. The number of nitrogens with two attached hydrogens (primary N) is 1. The van der Waals surface area contributed by atoms with Crippen molar-refractivity contribution in [3.05, 3.63) is 35.6 Å². The summed E-state index contributed by atoms with van der Waals surface area (Å²) in [5.74, 6) is -0.141. The van der Waals surface area contributed by atoms with Crippen LogP contribution < -0.4 is 5.73 Å². The second-order valence-electron chi connectivity index (χ2n) is 4.58. The average molecular weight is 238 g/mol. The molecular weight excluding hydrogens is 215 g/mol. The van der Waals surface area contributed by atoms with E-state index in [2.05, 4.69) is 18.7 Å². The Balaban J connectivity index is 2.84. The van der Waals surface area contributed by atoms with Crippen LogP contribution in [0.4, 0.5) is 4.39 Å². The highest BCUT2D eigenvalue weighted by atomic mass is 19.1. The fourth-order valence-corrected chi connectivity index (χ4v) is 2.28. The van der Waals surface area contributed by atoms with Crippen molar-refractivity contribution in [1.29, 1.82) is 0 Å². The summed E-state index contributed by atoms with van der Waals surface area (Å²) in [6.07, 6.45) is 1.95. The molecule has 0 aliphatic heterocycles. The van der Waals surface area contributed by atoms with Gasteiger partial charge in [-0.2, -0.15) is 0 Å². The van der Waals surface area contributed by atoms with Crippen molar-refractivity contribution >= 4 is 0 Å². The lowest BCUT2D eigenvalue weighted by molar-refractivity contribution is 0.107. The molecule has 0 heterocycles. The fraction of sp³-hybridized carbons (Fsp3) is 0.571. The number of benzene rings is 1. The van der Waals surface area contributed by atoms with Gasteiger partial charge in [-0.25, -0.2) is 4.39 Å². The van der Waals surface area contributed by atoms with Gasteiger partial charge in [0.1, 0.15) is 5.82 Å². The molecule has 1 rings (SSSR count). The molecule has 1 aromatic rings. The maximum Gasteiger partial charge on any atom is 0.127 e. The summed E-state index contributed by atoms with van der Waals surface area (Å²) in [5.41, 5.74) is 6.59. The van der Waals surface area contributed by atoms with Gasteiger partial charge in [0.25, 0.3) is 0 Å². The van der Waals surface area contributed by atoms with Crippen LogP contribution in [0.5, 0.6) is 0 Å². The molecule has 2 nitrogen and oxygen atoms in total. The first kappa shape index (κ1) is 14.1. The molecule has 0 fully saturated rings. The maximum absolute atomic E-state index is 13.6. The zero-order valence-corrected chi connectivity index (χ0v) is 11.0. The number of rotatable bonds is 6. The maximum atomic E-state index is 13.6. The van der Waals surface area contributed by atoms with E-state index in [9.17, 15) is 4.39 Å². The van der Waals surface area contributed by atoms with Gasteiger partial charge >= 0.3 is 0 Å². The Hall–Kier alpha value is -0.930. The average Bonchev–Trinajstić information content (AvgIpc) is 2.35. The molecule has 1 aromatic carbocycles. The topological polar surface area (TPSA) is 29.3 Å². The van der Waals surface area contributed by atoms with Gasteiger partial charge in [0.2, 0.25) is 0 Å². The van der Waals surface area contributed by atoms with E-state index in [0.717, 1.165) is 18.4 Å². The van der Waals surface area contributed by atoms with Crippen LogP contribution in [0.3, 0.4) is 0 Å². The zero-order valence-electron chi connectivity index (χ0n) is 11.0. The molecule has 96 valence electrons. The zero-order chi connectivity index (χ0) is 12.9. The molecule has 0 aliphatic carbocycles. The molecule has 0 bridgehead atoms. The predicted molar refractivity (Wildman–Crippen MR) is 70.2 cm³/mol. The van der Waals surface area contributed by atoms with Crippen molar-refractivity contribution in [3.63, 3.8) is 0 Å². The highest BCUT2D eigenvalue weighted by Crippen LogP contribution is 2.23. The third-order valence-electron chi connectivity index (χ3n) is 3.87. The van der Waals surface area contributed by atoms with E-state index < -0.39 is 0 Å². The van der Waals surface area contributed by atoms with E-state index >= 15 is 0 Å². The molecule has 17 heavy (non-hydrogen) atoms. The number of hydrogen-bond acceptors (Lipinski definition) is 2. The van der Waals surface area contributed by atoms with Crippen LogP contribution >= 0.6 is 0 Å². The van der Waals surface area contributed by atoms with Gasteiger partial charge in [0.15, 0.2) is 0 Å². The minimum absolute atomic E-state index is 0.0255. The van der Waals surface area contributed by atoms with Crippen molar-refractivity contribution in [2.45, 2.75) is 38.8 Å². The second kappa shape index (κ2) is 6.12. The van der Waals surface area contributed by atoms with E-state index in [4.69, 9.17) is 5.73 Å². The van der Waals surface area contributed by atoms with Gasteiger partial charge in [-0.15, -0.1) is 0 Å². The summed E-state index contributed by atoms with van der Waals surface area (Å²) >= 11 is 0. The molecule has 0 radical (unpaired) electrons. The van der Waals surface area contributed by atoms with Gasteiger partial charge in [-0.05, 0) is 26.0 Å². The lowest BCUT2D eigenvalue weighted by Gasteiger charge is -2.40. The minimum atomic E-state index is -0.141. The Kier molecular flexibility index (Phi) is 5.09. The van der Waals surface area contributed by atoms with Crippen LogP contribution in [0.2, 0.25) is 0 Å². The Bertz CT molecular complexity index is 340. The Morgan fingerprint density at radius 3 is 2.29 bits per heavy atom. The molecule has 2 N–H and O–H groups in total. The summed E-state index contributed by atoms with van der Waals surface area (Å²) in [6, 6.07) is 6.92. The first-order valence-electron chi connectivity index (χ1n) is 6.24. The summed E-state index contributed by atoms with van der Waals surface area (Å²) in [5, 5.41) is 0. The van der Waals surface area contributed by atoms with Gasteiger partial charge < -0.3 is 5.73 Å². The third-order valence-corrected chi connectivity index (χ3v) is 3.87. The smallest absolute Gasteiger partial charge is 0.127 e. The Morgan fingerprint density at radius 2 is 1.82 bits per heavy atom. The third kappa shape index (κ3) is 3.05. The van der Waals surface area contributed by atoms with Gasteiger partial charge in [0, 0.05) is 24.2 Å². The lowest BCUT2D eigenvalue weighted by Crippen LogP contribution is -2.50. The molecule has 0 unspecified atom stereocenters. The standard InChI is InChI=1S/C14H23FN2/c1-4-14(5-2,11-16)17(3)10-12-8-6-7-9-13(12)15/h6-9H,4-5,10-11,16H2,1-3H3. The summed E-state index contributed by atoms with van der Waals surface area (Å²) in [4.78, 5) is 2.17. The summed E-state index contributed by atoms with van der Waals surface area (Å²) in [7, 11) is 2.02. The van der Waals surface area contributed by atoms with Crippen molar-refractivity contribution in [2.75, 3.05) is 13.6 Å². The Labute approximate surface area is 104 Å². The molecule has 0 aromatic heterocycles. The van der Waals surface area contributed by atoms with Crippen molar-refractivity contribution in [2.24, 2.45) is 5.73 Å². The predicted octanol–water partition coefficient (Wildman–Crippen LogP) is 2.78. The quantitative estimate of drug-likeness (QED) is 0.825. The molecule has 3 heteroatoms.